The Morgan fingerprint density at radius 2 is 1.79 bits per heavy atom. The van der Waals surface area contributed by atoms with Crippen molar-refractivity contribution in [1.82, 2.24) is 5.32 Å². The molecule has 0 aromatic rings. The van der Waals surface area contributed by atoms with Crippen molar-refractivity contribution in [2.45, 2.75) is 96.1 Å². The van der Waals surface area contributed by atoms with Crippen LogP contribution in [-0.2, 0) is 14.2 Å². The average Bonchev–Trinajstić information content (AvgIpc) is 3.14. The quantitative estimate of drug-likeness (QED) is 0.196. The summed E-state index contributed by atoms with van der Waals surface area (Å²) in [5.74, 6) is 0.0283. The summed E-state index contributed by atoms with van der Waals surface area (Å²) in [4.78, 5) is 11.5. The van der Waals surface area contributed by atoms with E-state index in [2.05, 4.69) is 12.2 Å². The first-order chi connectivity index (χ1) is 13.7. The van der Waals surface area contributed by atoms with Gasteiger partial charge in [-0.2, -0.15) is 0 Å². The van der Waals surface area contributed by atoms with Gasteiger partial charge in [0.05, 0.1) is 12.7 Å². The van der Waals surface area contributed by atoms with E-state index in [4.69, 9.17) is 14.2 Å². The number of aliphatic hydroxyl groups excluding tert-OH is 1. The fraction of sp³-hybridized carbons (Fsp3) is 0.950. The van der Waals surface area contributed by atoms with Crippen LogP contribution in [0.4, 0.5) is 4.79 Å². The smallest absolute Gasteiger partial charge is 0.799 e. The molecule has 29 heavy (non-hydrogen) atoms. The molecular formula is C20H38NNaO6S. The van der Waals surface area contributed by atoms with Gasteiger partial charge in [-0.25, -0.2) is 4.79 Å². The second kappa shape index (κ2) is 20.4. The van der Waals surface area contributed by atoms with E-state index in [1.165, 1.54) is 57.8 Å². The molecule has 1 fully saturated rings. The third-order valence-electron chi connectivity index (χ3n) is 4.75. The van der Waals surface area contributed by atoms with Crippen LogP contribution in [0.15, 0.2) is 0 Å². The van der Waals surface area contributed by atoms with Gasteiger partial charge >= 0.3 is 35.7 Å². The van der Waals surface area contributed by atoms with Gasteiger partial charge in [-0.15, -0.1) is 0 Å². The van der Waals surface area contributed by atoms with Crippen molar-refractivity contribution < 1.29 is 58.2 Å². The number of carbonyl (C=O) groups is 1. The van der Waals surface area contributed by atoms with Crippen LogP contribution in [-0.4, -0.2) is 59.8 Å². The van der Waals surface area contributed by atoms with Crippen LogP contribution in [0.2, 0.25) is 0 Å². The van der Waals surface area contributed by atoms with Crippen LogP contribution < -0.4 is 34.9 Å². The maximum Gasteiger partial charge on any atom is 1.00 e. The summed E-state index contributed by atoms with van der Waals surface area (Å²) >= 11 is 0.282. The molecule has 0 aliphatic carbocycles. The van der Waals surface area contributed by atoms with Gasteiger partial charge < -0.3 is 29.2 Å². The van der Waals surface area contributed by atoms with Crippen LogP contribution >= 0.6 is 12.0 Å². The molecule has 0 bridgehead atoms. The SMILES string of the molecule is CCCCCCCCCCCCC1OCC(COC(=O)NCC(O)CS[O-])O1.[Na+]. The standard InChI is InChI=1S/C20H39NO6S.Na/c1-2-3-4-5-6-7-8-9-10-11-12-19-25-14-18(27-19)15-26-20(23)21-13-17(22)16-28-24;/h17-19,22,24H,2-16H2,1H3,(H,21,23);/q;+1/p-1. The van der Waals surface area contributed by atoms with Gasteiger partial charge in [-0.3, -0.25) is 12.0 Å². The minimum absolute atomic E-state index is 0. The largest absolute Gasteiger partial charge is 1.00 e. The molecule has 0 aromatic heterocycles. The molecule has 2 N–H and O–H groups in total. The Kier molecular flexibility index (Phi) is 20.7. The van der Waals surface area contributed by atoms with E-state index >= 15 is 0 Å². The van der Waals surface area contributed by atoms with E-state index in [1.807, 2.05) is 0 Å². The van der Waals surface area contributed by atoms with E-state index in [1.54, 1.807) is 0 Å². The first-order valence-electron chi connectivity index (χ1n) is 10.8. The maximum atomic E-state index is 11.5. The summed E-state index contributed by atoms with van der Waals surface area (Å²) in [5, 5.41) is 11.8. The third kappa shape index (κ3) is 16.8. The zero-order valence-corrected chi connectivity index (χ0v) is 21.1. The molecule has 1 amide bonds. The molecule has 9 heteroatoms. The summed E-state index contributed by atoms with van der Waals surface area (Å²) in [6, 6.07) is 0. The second-order valence-corrected chi connectivity index (χ2v) is 7.98. The molecule has 3 unspecified atom stereocenters. The second-order valence-electron chi connectivity index (χ2n) is 7.41. The first-order valence-corrected chi connectivity index (χ1v) is 11.7. The average molecular weight is 444 g/mol. The fourth-order valence-electron chi connectivity index (χ4n) is 3.10. The molecule has 1 aliphatic heterocycles. The number of amides is 1. The van der Waals surface area contributed by atoms with Gasteiger partial charge in [0, 0.05) is 12.3 Å². The molecule has 0 spiro atoms. The number of unbranched alkanes of at least 4 members (excludes halogenated alkanes) is 9. The number of hydrogen-bond donors (Lipinski definition) is 2. The Bertz CT molecular complexity index is 394. The topological polar surface area (TPSA) is 100 Å². The summed E-state index contributed by atoms with van der Waals surface area (Å²) in [7, 11) is 0. The summed E-state index contributed by atoms with van der Waals surface area (Å²) in [6.45, 7) is 2.78. The van der Waals surface area contributed by atoms with Gasteiger partial charge in [0.25, 0.3) is 0 Å². The minimum Gasteiger partial charge on any atom is -0.799 e. The number of rotatable bonds is 17. The molecule has 3 atom stereocenters. The van der Waals surface area contributed by atoms with Crippen LogP contribution in [0.3, 0.4) is 0 Å². The van der Waals surface area contributed by atoms with Gasteiger partial charge in [-0.1, -0.05) is 64.7 Å². The molecule has 1 aliphatic rings. The molecule has 166 valence electrons. The number of carbonyl (C=O) groups excluding carboxylic acids is 1. The Balaban J connectivity index is 0.00000784. The van der Waals surface area contributed by atoms with Crippen molar-refractivity contribution in [1.29, 1.82) is 0 Å². The van der Waals surface area contributed by atoms with E-state index in [0.29, 0.717) is 6.61 Å². The first kappa shape index (κ1) is 29.5. The molecule has 0 saturated carbocycles. The monoisotopic (exact) mass is 443 g/mol. The zero-order chi connectivity index (χ0) is 20.5. The molecule has 1 saturated heterocycles. The maximum absolute atomic E-state index is 11.5. The zero-order valence-electron chi connectivity index (χ0n) is 18.2. The van der Waals surface area contributed by atoms with E-state index in [9.17, 15) is 14.5 Å². The summed E-state index contributed by atoms with van der Waals surface area (Å²) < 4.78 is 26.7. The van der Waals surface area contributed by atoms with Gasteiger partial charge in [-0.05, 0) is 12.8 Å². The third-order valence-corrected chi connectivity index (χ3v) is 5.27. The molecule has 1 rings (SSSR count). The number of nitrogens with one attached hydrogen (secondary N) is 1. The molecular weight excluding hydrogens is 405 g/mol. The number of hydrogen-bond acceptors (Lipinski definition) is 7. The number of aliphatic hydroxyl groups is 1. The minimum atomic E-state index is -0.869. The Hall–Kier alpha value is 0.460. The predicted molar refractivity (Wildman–Crippen MR) is 110 cm³/mol. The molecule has 0 radical (unpaired) electrons. The van der Waals surface area contributed by atoms with Crippen LogP contribution in [0, 0.1) is 0 Å². The van der Waals surface area contributed by atoms with Crippen LogP contribution in [0.25, 0.3) is 0 Å². The summed E-state index contributed by atoms with van der Waals surface area (Å²) in [6.07, 6.45) is 11.9. The molecule has 0 aromatic carbocycles. The van der Waals surface area contributed by atoms with Crippen molar-refractivity contribution in [2.75, 3.05) is 25.5 Å². The van der Waals surface area contributed by atoms with E-state index in [0.717, 1.165) is 12.8 Å². The van der Waals surface area contributed by atoms with Crippen molar-refractivity contribution in [3.05, 3.63) is 0 Å². The van der Waals surface area contributed by atoms with Crippen molar-refractivity contribution in [3.63, 3.8) is 0 Å². The van der Waals surface area contributed by atoms with Crippen molar-refractivity contribution in [2.24, 2.45) is 0 Å². The normalized spacial score (nSPS) is 19.6. The van der Waals surface area contributed by atoms with Crippen molar-refractivity contribution >= 4 is 18.1 Å². The predicted octanol–water partition coefficient (Wildman–Crippen LogP) is 0.994. The Labute approximate surface area is 202 Å². The molecule has 1 heterocycles. The van der Waals surface area contributed by atoms with Gasteiger partial charge in [0.15, 0.2) is 6.29 Å². The van der Waals surface area contributed by atoms with E-state index < -0.39 is 12.2 Å². The van der Waals surface area contributed by atoms with Gasteiger partial charge in [0.1, 0.15) is 12.7 Å². The number of alkyl carbamates (subject to hydrolysis) is 1. The van der Waals surface area contributed by atoms with Crippen LogP contribution in [0.5, 0.6) is 0 Å². The van der Waals surface area contributed by atoms with Crippen LogP contribution in [0.1, 0.15) is 77.6 Å². The Morgan fingerprint density at radius 1 is 1.17 bits per heavy atom. The van der Waals surface area contributed by atoms with E-state index in [-0.39, 0.29) is 72.9 Å². The Morgan fingerprint density at radius 3 is 2.41 bits per heavy atom. The number of ether oxygens (including phenoxy) is 3. The van der Waals surface area contributed by atoms with Crippen molar-refractivity contribution in [3.8, 4) is 0 Å². The van der Waals surface area contributed by atoms with Gasteiger partial charge in [0.2, 0.25) is 0 Å². The summed E-state index contributed by atoms with van der Waals surface area (Å²) in [5.41, 5.74) is 0. The fourth-order valence-corrected chi connectivity index (χ4v) is 3.38. The molecule has 7 nitrogen and oxygen atoms in total.